The highest BCUT2D eigenvalue weighted by Crippen LogP contribution is 2.32. The minimum absolute atomic E-state index is 0.291. The van der Waals surface area contributed by atoms with Crippen LogP contribution in [-0.2, 0) is 5.75 Å². The average Bonchev–Trinajstić information content (AvgIpc) is 2.63. The number of halogens is 2. The molecule has 1 nitrogen and oxygen atoms in total. The topological polar surface area (TPSA) is 26.0 Å². The van der Waals surface area contributed by atoms with E-state index in [9.17, 15) is 4.39 Å². The Morgan fingerprint density at radius 1 is 1.31 bits per heavy atom. The molecule has 0 saturated heterocycles. The quantitative estimate of drug-likeness (QED) is 0.665. The van der Waals surface area contributed by atoms with E-state index in [0.717, 1.165) is 14.4 Å². The van der Waals surface area contributed by atoms with Gasteiger partial charge in [0.25, 0.3) is 0 Å². The normalized spacial score (nSPS) is 10.6. The van der Waals surface area contributed by atoms with Crippen molar-refractivity contribution in [1.82, 2.24) is 0 Å². The van der Waals surface area contributed by atoms with Crippen LogP contribution in [0.15, 0.2) is 39.0 Å². The van der Waals surface area contributed by atoms with E-state index in [2.05, 4.69) is 22.0 Å². The van der Waals surface area contributed by atoms with E-state index in [0.29, 0.717) is 5.69 Å². The van der Waals surface area contributed by atoms with Crippen LogP contribution in [0, 0.1) is 5.82 Å². The van der Waals surface area contributed by atoms with Gasteiger partial charge in [0.2, 0.25) is 0 Å². The molecule has 0 aliphatic carbocycles. The fraction of sp³-hybridized carbons (Fsp3) is 0.0909. The summed E-state index contributed by atoms with van der Waals surface area (Å²) in [6.45, 7) is 0. The lowest BCUT2D eigenvalue weighted by Crippen LogP contribution is -1.89. The van der Waals surface area contributed by atoms with Gasteiger partial charge in [0.1, 0.15) is 5.82 Å². The van der Waals surface area contributed by atoms with Crippen molar-refractivity contribution in [3.63, 3.8) is 0 Å². The molecule has 0 fully saturated rings. The number of rotatable bonds is 3. The van der Waals surface area contributed by atoms with Gasteiger partial charge in [0.15, 0.2) is 0 Å². The van der Waals surface area contributed by atoms with E-state index in [1.165, 1.54) is 17.0 Å². The van der Waals surface area contributed by atoms with Crippen molar-refractivity contribution >= 4 is 44.7 Å². The van der Waals surface area contributed by atoms with Crippen molar-refractivity contribution in [2.75, 3.05) is 5.73 Å². The maximum Gasteiger partial charge on any atom is 0.125 e. The van der Waals surface area contributed by atoms with Crippen LogP contribution in [0.2, 0.25) is 0 Å². The summed E-state index contributed by atoms with van der Waals surface area (Å²) in [5.41, 5.74) is 6.22. The second kappa shape index (κ2) is 5.21. The standard InChI is InChI=1S/C11H9BrFNS2/c12-11-4-2-8(16-11)6-15-10-3-1-7(13)5-9(10)14/h1-5H,6,14H2. The Bertz CT molecular complexity index is 498. The molecule has 1 aromatic heterocycles. The van der Waals surface area contributed by atoms with Crippen LogP contribution in [0.4, 0.5) is 10.1 Å². The summed E-state index contributed by atoms with van der Waals surface area (Å²) >= 11 is 6.73. The SMILES string of the molecule is Nc1cc(F)ccc1SCc1ccc(Br)s1. The Hall–Kier alpha value is -0.520. The van der Waals surface area contributed by atoms with E-state index in [1.807, 2.05) is 6.07 Å². The zero-order valence-electron chi connectivity index (χ0n) is 8.24. The third-order valence-electron chi connectivity index (χ3n) is 1.97. The summed E-state index contributed by atoms with van der Waals surface area (Å²) < 4.78 is 13.9. The number of nitrogen functional groups attached to an aromatic ring is 1. The molecule has 84 valence electrons. The third kappa shape index (κ3) is 2.99. The number of hydrogen-bond donors (Lipinski definition) is 1. The number of nitrogens with two attached hydrogens (primary N) is 1. The van der Waals surface area contributed by atoms with Gasteiger partial charge >= 0.3 is 0 Å². The van der Waals surface area contributed by atoms with Crippen LogP contribution in [-0.4, -0.2) is 0 Å². The molecule has 16 heavy (non-hydrogen) atoms. The molecule has 0 saturated carbocycles. The molecule has 0 spiro atoms. The zero-order chi connectivity index (χ0) is 11.5. The van der Waals surface area contributed by atoms with Crippen molar-refractivity contribution in [3.05, 3.63) is 44.8 Å². The van der Waals surface area contributed by atoms with Gasteiger partial charge in [-0.15, -0.1) is 23.1 Å². The second-order valence-corrected chi connectivity index (χ2v) is 6.74. The zero-order valence-corrected chi connectivity index (χ0v) is 11.5. The van der Waals surface area contributed by atoms with Gasteiger partial charge in [0.05, 0.1) is 3.79 Å². The van der Waals surface area contributed by atoms with Gasteiger partial charge in [-0.25, -0.2) is 4.39 Å². The second-order valence-electron chi connectivity index (χ2n) is 3.18. The Labute approximate surface area is 110 Å². The summed E-state index contributed by atoms with van der Waals surface area (Å²) in [4.78, 5) is 2.19. The van der Waals surface area contributed by atoms with E-state index < -0.39 is 0 Å². The highest BCUT2D eigenvalue weighted by molar-refractivity contribution is 9.11. The lowest BCUT2D eigenvalue weighted by atomic mass is 10.3. The van der Waals surface area contributed by atoms with Crippen molar-refractivity contribution in [2.45, 2.75) is 10.6 Å². The first-order valence-electron chi connectivity index (χ1n) is 4.57. The molecule has 2 N–H and O–H groups in total. The number of benzene rings is 1. The van der Waals surface area contributed by atoms with E-state index in [4.69, 9.17) is 5.73 Å². The molecule has 2 aromatic rings. The fourth-order valence-corrected chi connectivity index (χ4v) is 3.70. The Kier molecular flexibility index (Phi) is 3.89. The van der Waals surface area contributed by atoms with Crippen LogP contribution in [0.1, 0.15) is 4.88 Å². The molecule has 1 aromatic carbocycles. The first-order valence-corrected chi connectivity index (χ1v) is 7.17. The smallest absolute Gasteiger partial charge is 0.125 e. The van der Waals surface area contributed by atoms with Crippen molar-refractivity contribution in [1.29, 1.82) is 0 Å². The van der Waals surface area contributed by atoms with Crippen LogP contribution < -0.4 is 5.73 Å². The van der Waals surface area contributed by atoms with E-state index >= 15 is 0 Å². The molecule has 0 radical (unpaired) electrons. The molecule has 0 amide bonds. The third-order valence-corrected chi connectivity index (χ3v) is 4.92. The van der Waals surface area contributed by atoms with E-state index in [1.54, 1.807) is 29.2 Å². The summed E-state index contributed by atoms with van der Waals surface area (Å²) in [6, 6.07) is 8.60. The Balaban J connectivity index is 2.04. The summed E-state index contributed by atoms with van der Waals surface area (Å²) in [5, 5.41) is 0. The highest BCUT2D eigenvalue weighted by Gasteiger charge is 2.03. The first-order chi connectivity index (χ1) is 7.65. The number of hydrogen-bond acceptors (Lipinski definition) is 3. The van der Waals surface area contributed by atoms with Crippen LogP contribution in [0.3, 0.4) is 0 Å². The molecule has 1 heterocycles. The predicted octanol–water partition coefficient (Wildman–Crippen LogP) is 4.52. The molecular formula is C11H9BrFNS2. The van der Waals surface area contributed by atoms with Gasteiger partial charge < -0.3 is 5.73 Å². The minimum Gasteiger partial charge on any atom is -0.398 e. The highest BCUT2D eigenvalue weighted by atomic mass is 79.9. The molecule has 0 atom stereocenters. The summed E-state index contributed by atoms with van der Waals surface area (Å²) in [6.07, 6.45) is 0. The Morgan fingerprint density at radius 2 is 2.12 bits per heavy atom. The number of thioether (sulfide) groups is 1. The van der Waals surface area contributed by atoms with Crippen molar-refractivity contribution < 1.29 is 4.39 Å². The van der Waals surface area contributed by atoms with Crippen LogP contribution in [0.25, 0.3) is 0 Å². The molecule has 0 aliphatic rings. The molecule has 0 aliphatic heterocycles. The number of thiophene rings is 1. The fourth-order valence-electron chi connectivity index (χ4n) is 1.23. The average molecular weight is 318 g/mol. The molecule has 0 unspecified atom stereocenters. The van der Waals surface area contributed by atoms with Gasteiger partial charge in [0, 0.05) is 21.2 Å². The summed E-state index contributed by atoms with van der Waals surface area (Å²) in [7, 11) is 0. The predicted molar refractivity (Wildman–Crippen MR) is 72.4 cm³/mol. The molecule has 5 heteroatoms. The Morgan fingerprint density at radius 3 is 2.75 bits per heavy atom. The van der Waals surface area contributed by atoms with Crippen molar-refractivity contribution in [2.24, 2.45) is 0 Å². The van der Waals surface area contributed by atoms with Crippen LogP contribution >= 0.6 is 39.0 Å². The van der Waals surface area contributed by atoms with Gasteiger partial charge in [-0.05, 0) is 46.3 Å². The lowest BCUT2D eigenvalue weighted by Gasteiger charge is -2.03. The maximum atomic E-state index is 12.8. The van der Waals surface area contributed by atoms with Gasteiger partial charge in [-0.3, -0.25) is 0 Å². The van der Waals surface area contributed by atoms with Gasteiger partial charge in [-0.1, -0.05) is 0 Å². The molecule has 2 rings (SSSR count). The first kappa shape index (κ1) is 12.0. The minimum atomic E-state index is -0.291. The lowest BCUT2D eigenvalue weighted by molar-refractivity contribution is 0.627. The maximum absolute atomic E-state index is 12.8. The van der Waals surface area contributed by atoms with Crippen LogP contribution in [0.5, 0.6) is 0 Å². The number of anilines is 1. The van der Waals surface area contributed by atoms with Crippen molar-refractivity contribution in [3.8, 4) is 0 Å². The molecular weight excluding hydrogens is 309 g/mol. The molecule has 0 bridgehead atoms. The van der Waals surface area contributed by atoms with Gasteiger partial charge in [-0.2, -0.15) is 0 Å². The van der Waals surface area contributed by atoms with E-state index in [-0.39, 0.29) is 5.82 Å². The summed E-state index contributed by atoms with van der Waals surface area (Å²) in [5.74, 6) is 0.562. The largest absolute Gasteiger partial charge is 0.398 e. The monoisotopic (exact) mass is 317 g/mol.